The monoisotopic (exact) mass is 339 g/mol. The highest BCUT2D eigenvalue weighted by atomic mass is 35.5. The van der Waals surface area contributed by atoms with Gasteiger partial charge >= 0.3 is 5.97 Å². The molecule has 1 aromatic carbocycles. The van der Waals surface area contributed by atoms with Gasteiger partial charge in [0, 0.05) is 6.54 Å². The van der Waals surface area contributed by atoms with Crippen LogP contribution in [0.1, 0.15) is 34.3 Å². The third-order valence-corrected chi connectivity index (χ3v) is 4.26. The van der Waals surface area contributed by atoms with Crippen LogP contribution in [-0.2, 0) is 17.8 Å². The molecule has 1 amide bonds. The molecule has 1 unspecified atom stereocenters. The van der Waals surface area contributed by atoms with Crippen molar-refractivity contribution in [3.63, 3.8) is 0 Å². The summed E-state index contributed by atoms with van der Waals surface area (Å²) in [6.07, 6.45) is 1.86. The second kappa shape index (κ2) is 8.29. The normalized spacial score (nSPS) is 14.9. The van der Waals surface area contributed by atoms with Gasteiger partial charge in [-0.15, -0.1) is 0 Å². The zero-order valence-corrected chi connectivity index (χ0v) is 13.9. The van der Waals surface area contributed by atoms with Gasteiger partial charge in [0.1, 0.15) is 6.04 Å². The molecule has 1 heterocycles. The van der Waals surface area contributed by atoms with E-state index in [-0.39, 0.29) is 0 Å². The number of carboxylic acid groups (broad SMARTS) is 1. The molecule has 0 aliphatic carbocycles. The Labute approximate surface area is 140 Å². The predicted octanol–water partition coefficient (Wildman–Crippen LogP) is 1.17. The first-order valence-corrected chi connectivity index (χ1v) is 8.11. The van der Waals surface area contributed by atoms with Crippen LogP contribution in [-0.4, -0.2) is 43.2 Å². The summed E-state index contributed by atoms with van der Waals surface area (Å²) in [5, 5.41) is 18.4. The van der Waals surface area contributed by atoms with E-state index in [0.29, 0.717) is 30.0 Å². The number of amides is 1. The lowest BCUT2D eigenvalue weighted by Crippen LogP contribution is -2.41. The molecule has 0 saturated carbocycles. The third-order valence-electron chi connectivity index (χ3n) is 3.94. The molecule has 1 atom stereocenters. The summed E-state index contributed by atoms with van der Waals surface area (Å²) >= 11 is 6.20. The number of hydrogen-bond acceptors (Lipinski definition) is 4. The van der Waals surface area contributed by atoms with Gasteiger partial charge in [-0.1, -0.05) is 11.6 Å². The molecule has 0 bridgehead atoms. The van der Waals surface area contributed by atoms with Crippen LogP contribution in [0.5, 0.6) is 0 Å². The zero-order chi connectivity index (χ0) is 16.8. The van der Waals surface area contributed by atoms with Crippen LogP contribution in [0, 0.1) is 0 Å². The molecule has 0 radical (unpaired) electrons. The highest BCUT2D eigenvalue weighted by molar-refractivity contribution is 6.34. The van der Waals surface area contributed by atoms with Crippen LogP contribution < -0.4 is 16.0 Å². The maximum Gasteiger partial charge on any atom is 0.326 e. The van der Waals surface area contributed by atoms with Crippen LogP contribution in [0.4, 0.5) is 0 Å². The summed E-state index contributed by atoms with van der Waals surface area (Å²) in [5.41, 5.74) is 2.51. The van der Waals surface area contributed by atoms with E-state index in [4.69, 9.17) is 11.6 Å². The fourth-order valence-corrected chi connectivity index (χ4v) is 2.93. The van der Waals surface area contributed by atoms with Gasteiger partial charge in [-0.05, 0) is 62.7 Å². The first kappa shape index (κ1) is 17.7. The van der Waals surface area contributed by atoms with Crippen LogP contribution in [0.2, 0.25) is 5.02 Å². The molecule has 7 heteroatoms. The average molecular weight is 340 g/mol. The maximum absolute atomic E-state index is 12.4. The minimum absolute atomic E-state index is 0.340. The summed E-state index contributed by atoms with van der Waals surface area (Å²) < 4.78 is 0. The number of carbonyl (C=O) groups is 2. The first-order valence-electron chi connectivity index (χ1n) is 7.73. The van der Waals surface area contributed by atoms with Gasteiger partial charge in [0.2, 0.25) is 0 Å². The number of benzene rings is 1. The number of fused-ring (bicyclic) bond motifs is 1. The Morgan fingerprint density at radius 2 is 2.17 bits per heavy atom. The standard InChI is InChI=1S/C16H22ClN3O3/c1-18-5-2-3-14(16(22)23)20-15(21)12-7-10-4-6-19-9-11(10)8-13(12)17/h7-8,14,18-19H,2-6,9H2,1H3,(H,20,21)(H,22,23). The topological polar surface area (TPSA) is 90.5 Å². The first-order chi connectivity index (χ1) is 11.0. The van der Waals surface area contributed by atoms with E-state index in [2.05, 4.69) is 16.0 Å². The van der Waals surface area contributed by atoms with Crippen molar-refractivity contribution in [1.29, 1.82) is 0 Å². The lowest BCUT2D eigenvalue weighted by molar-refractivity contribution is -0.139. The molecule has 0 spiro atoms. The van der Waals surface area contributed by atoms with Crippen LogP contribution in [0.15, 0.2) is 12.1 Å². The van der Waals surface area contributed by atoms with Gasteiger partial charge in [-0.25, -0.2) is 4.79 Å². The van der Waals surface area contributed by atoms with Crippen LogP contribution in [0.3, 0.4) is 0 Å². The van der Waals surface area contributed by atoms with Gasteiger partial charge in [-0.2, -0.15) is 0 Å². The lowest BCUT2D eigenvalue weighted by Gasteiger charge is -2.20. The molecule has 0 fully saturated rings. The van der Waals surface area contributed by atoms with Gasteiger partial charge in [0.25, 0.3) is 5.91 Å². The molecule has 126 valence electrons. The van der Waals surface area contributed by atoms with Gasteiger partial charge in [0.15, 0.2) is 0 Å². The molecule has 0 saturated heterocycles. The summed E-state index contributed by atoms with van der Waals surface area (Å²) in [4.78, 5) is 23.7. The number of carboxylic acids is 1. The molecule has 6 nitrogen and oxygen atoms in total. The maximum atomic E-state index is 12.4. The molecular formula is C16H22ClN3O3. The molecule has 1 aliphatic heterocycles. The Morgan fingerprint density at radius 3 is 2.87 bits per heavy atom. The molecular weight excluding hydrogens is 318 g/mol. The average Bonchev–Trinajstić information content (AvgIpc) is 2.53. The number of hydrogen-bond donors (Lipinski definition) is 4. The number of aliphatic carboxylic acids is 1. The molecule has 0 aromatic heterocycles. The van der Waals surface area contributed by atoms with Crippen molar-refractivity contribution < 1.29 is 14.7 Å². The lowest BCUT2D eigenvalue weighted by atomic mass is 9.98. The van der Waals surface area contributed by atoms with Crippen molar-refractivity contribution in [3.05, 3.63) is 33.8 Å². The van der Waals surface area contributed by atoms with E-state index in [1.165, 1.54) is 0 Å². The Kier molecular flexibility index (Phi) is 6.38. The van der Waals surface area contributed by atoms with Crippen molar-refractivity contribution in [2.24, 2.45) is 0 Å². The fraction of sp³-hybridized carbons (Fsp3) is 0.500. The Morgan fingerprint density at radius 1 is 1.39 bits per heavy atom. The highest BCUT2D eigenvalue weighted by Crippen LogP contribution is 2.24. The van der Waals surface area contributed by atoms with Gasteiger partial charge in [0.05, 0.1) is 10.6 Å². The molecule has 23 heavy (non-hydrogen) atoms. The quantitative estimate of drug-likeness (QED) is 0.560. The van der Waals surface area contributed by atoms with Crippen molar-refractivity contribution in [2.45, 2.75) is 31.8 Å². The predicted molar refractivity (Wildman–Crippen MR) is 88.9 cm³/mol. The Hall–Kier alpha value is -1.63. The molecule has 4 N–H and O–H groups in total. The number of halogens is 1. The summed E-state index contributed by atoms with van der Waals surface area (Å²) in [6.45, 7) is 2.29. The van der Waals surface area contributed by atoms with E-state index in [1.54, 1.807) is 19.2 Å². The second-order valence-corrected chi connectivity index (χ2v) is 6.04. The Bertz CT molecular complexity index is 592. The van der Waals surface area contributed by atoms with Crippen molar-refractivity contribution >= 4 is 23.5 Å². The van der Waals surface area contributed by atoms with Gasteiger partial charge < -0.3 is 21.1 Å². The van der Waals surface area contributed by atoms with Crippen LogP contribution >= 0.6 is 11.6 Å². The van der Waals surface area contributed by atoms with Gasteiger partial charge in [-0.3, -0.25) is 4.79 Å². The molecule has 2 rings (SSSR count). The van der Waals surface area contributed by atoms with Crippen molar-refractivity contribution in [1.82, 2.24) is 16.0 Å². The summed E-state index contributed by atoms with van der Waals surface area (Å²) in [7, 11) is 1.80. The minimum atomic E-state index is -1.03. The van der Waals surface area contributed by atoms with E-state index in [1.807, 2.05) is 0 Å². The molecule has 1 aliphatic rings. The SMILES string of the molecule is CNCCCC(NC(=O)c1cc2c(cc1Cl)CNCC2)C(=O)O. The highest BCUT2D eigenvalue weighted by Gasteiger charge is 2.23. The summed E-state index contributed by atoms with van der Waals surface area (Å²) in [5.74, 6) is -1.47. The number of carbonyl (C=O) groups excluding carboxylic acids is 1. The van der Waals surface area contributed by atoms with Crippen LogP contribution in [0.25, 0.3) is 0 Å². The largest absolute Gasteiger partial charge is 0.480 e. The third kappa shape index (κ3) is 4.67. The fourth-order valence-electron chi connectivity index (χ4n) is 2.65. The minimum Gasteiger partial charge on any atom is -0.480 e. The molecule has 1 aromatic rings. The van der Waals surface area contributed by atoms with Crippen molar-refractivity contribution in [3.8, 4) is 0 Å². The Balaban J connectivity index is 2.10. The van der Waals surface area contributed by atoms with E-state index >= 15 is 0 Å². The number of nitrogens with one attached hydrogen (secondary N) is 3. The van der Waals surface area contributed by atoms with E-state index < -0.39 is 17.9 Å². The summed E-state index contributed by atoms with van der Waals surface area (Å²) in [6, 6.07) is 2.65. The van der Waals surface area contributed by atoms with E-state index in [0.717, 1.165) is 30.6 Å². The van der Waals surface area contributed by atoms with E-state index in [9.17, 15) is 14.7 Å². The second-order valence-electron chi connectivity index (χ2n) is 5.64. The van der Waals surface area contributed by atoms with Crippen molar-refractivity contribution in [2.75, 3.05) is 20.1 Å². The number of rotatable bonds is 7. The zero-order valence-electron chi connectivity index (χ0n) is 13.1. The smallest absolute Gasteiger partial charge is 0.326 e.